The highest BCUT2D eigenvalue weighted by Gasteiger charge is 2.12. The molecule has 1 rings (SSSR count). The van der Waals surface area contributed by atoms with Crippen molar-refractivity contribution in [3.63, 3.8) is 0 Å². The van der Waals surface area contributed by atoms with E-state index in [9.17, 15) is 9.18 Å². The summed E-state index contributed by atoms with van der Waals surface area (Å²) in [6.45, 7) is 1.26. The van der Waals surface area contributed by atoms with E-state index in [2.05, 4.69) is 0 Å². The maximum Gasteiger partial charge on any atom is 0.320 e. The predicted molar refractivity (Wildman–Crippen MR) is 67.8 cm³/mol. The number of hydrogen-bond acceptors (Lipinski definition) is 3. The van der Waals surface area contributed by atoms with Gasteiger partial charge >= 0.3 is 5.97 Å². The Balaban J connectivity index is 2.31. The first-order valence-corrected chi connectivity index (χ1v) is 5.91. The molecule has 18 heavy (non-hydrogen) atoms. The van der Waals surface area contributed by atoms with Crippen LogP contribution in [-0.2, 0) is 11.2 Å². The fourth-order valence-corrected chi connectivity index (χ4v) is 1.61. The zero-order chi connectivity index (χ0) is 13.5. The van der Waals surface area contributed by atoms with Crippen LogP contribution in [-0.4, -0.2) is 42.2 Å². The molecule has 0 aliphatic heterocycles. The molecule has 1 atom stereocenters. The summed E-state index contributed by atoms with van der Waals surface area (Å²) in [5.74, 6) is -1.19. The van der Waals surface area contributed by atoms with E-state index in [1.165, 1.54) is 6.07 Å². The molecule has 0 aromatic heterocycles. The highest BCUT2D eigenvalue weighted by molar-refractivity contribution is 5.72. The molecule has 0 bridgehead atoms. The van der Waals surface area contributed by atoms with Crippen LogP contribution in [0.4, 0.5) is 4.39 Å². The van der Waals surface area contributed by atoms with Crippen molar-refractivity contribution >= 4 is 5.97 Å². The summed E-state index contributed by atoms with van der Waals surface area (Å²) in [6.07, 6.45) is 0.995. The van der Waals surface area contributed by atoms with E-state index < -0.39 is 12.0 Å². The van der Waals surface area contributed by atoms with Gasteiger partial charge in [0.1, 0.15) is 11.9 Å². The zero-order valence-electron chi connectivity index (χ0n) is 10.5. The highest BCUT2D eigenvalue weighted by Crippen LogP contribution is 2.07. The lowest BCUT2D eigenvalue weighted by molar-refractivity contribution is -0.138. The van der Waals surface area contributed by atoms with E-state index in [0.29, 0.717) is 31.5 Å². The summed E-state index contributed by atoms with van der Waals surface area (Å²) in [5, 5.41) is 8.65. The SMILES string of the molecule is CN(CCc1ccccc1F)CCC(N)C(=O)O. The number of carboxylic acids is 1. The van der Waals surface area contributed by atoms with Crippen LogP contribution >= 0.6 is 0 Å². The molecular formula is C13H19FN2O2. The van der Waals surface area contributed by atoms with E-state index in [0.717, 1.165) is 0 Å². The Bertz CT molecular complexity index is 398. The standard InChI is InChI=1S/C13H19FN2O2/c1-16(9-7-12(15)13(17)18)8-6-10-4-2-3-5-11(10)14/h2-5,12H,6-9,15H2,1H3,(H,17,18). The van der Waals surface area contributed by atoms with Crippen molar-refractivity contribution in [2.24, 2.45) is 5.73 Å². The summed E-state index contributed by atoms with van der Waals surface area (Å²) in [6, 6.07) is 5.83. The van der Waals surface area contributed by atoms with Gasteiger partial charge in [0, 0.05) is 6.54 Å². The third kappa shape index (κ3) is 4.81. The lowest BCUT2D eigenvalue weighted by atomic mass is 10.1. The minimum atomic E-state index is -0.988. The molecule has 1 aromatic rings. The van der Waals surface area contributed by atoms with E-state index in [1.807, 2.05) is 11.9 Å². The number of nitrogens with two attached hydrogens (primary N) is 1. The Morgan fingerprint density at radius 2 is 2.11 bits per heavy atom. The Hall–Kier alpha value is -1.46. The predicted octanol–water partition coefficient (Wildman–Crippen LogP) is 1.10. The largest absolute Gasteiger partial charge is 0.480 e. The molecule has 0 heterocycles. The van der Waals surface area contributed by atoms with Crippen LogP contribution in [0.5, 0.6) is 0 Å². The number of carbonyl (C=O) groups is 1. The lowest BCUT2D eigenvalue weighted by Gasteiger charge is -2.17. The third-order valence-corrected chi connectivity index (χ3v) is 2.86. The topological polar surface area (TPSA) is 66.6 Å². The summed E-state index contributed by atoms with van der Waals surface area (Å²) >= 11 is 0. The van der Waals surface area contributed by atoms with E-state index in [4.69, 9.17) is 10.8 Å². The van der Waals surface area contributed by atoms with Crippen molar-refractivity contribution < 1.29 is 14.3 Å². The first-order valence-electron chi connectivity index (χ1n) is 5.91. The van der Waals surface area contributed by atoms with Crippen molar-refractivity contribution in [3.8, 4) is 0 Å². The van der Waals surface area contributed by atoms with Crippen molar-refractivity contribution in [3.05, 3.63) is 35.6 Å². The fourth-order valence-electron chi connectivity index (χ4n) is 1.61. The Morgan fingerprint density at radius 3 is 2.72 bits per heavy atom. The minimum Gasteiger partial charge on any atom is -0.480 e. The van der Waals surface area contributed by atoms with Crippen LogP contribution in [0, 0.1) is 5.82 Å². The number of likely N-dealkylation sites (N-methyl/N-ethyl adjacent to an activating group) is 1. The van der Waals surface area contributed by atoms with Gasteiger partial charge in [-0.15, -0.1) is 0 Å². The number of aliphatic carboxylic acids is 1. The number of carboxylic acid groups (broad SMARTS) is 1. The summed E-state index contributed by atoms with van der Waals surface area (Å²) < 4.78 is 13.3. The summed E-state index contributed by atoms with van der Waals surface area (Å²) in [7, 11) is 1.87. The van der Waals surface area contributed by atoms with Gasteiger partial charge in [0.05, 0.1) is 0 Å². The second-order valence-corrected chi connectivity index (χ2v) is 4.38. The van der Waals surface area contributed by atoms with Crippen LogP contribution in [0.25, 0.3) is 0 Å². The molecule has 4 nitrogen and oxygen atoms in total. The van der Waals surface area contributed by atoms with Crippen LogP contribution in [0.2, 0.25) is 0 Å². The van der Waals surface area contributed by atoms with Crippen LogP contribution in [0.3, 0.4) is 0 Å². The Kier molecular flexibility index (Phi) is 5.74. The van der Waals surface area contributed by atoms with Gasteiger partial charge in [0.15, 0.2) is 0 Å². The van der Waals surface area contributed by atoms with Gasteiger partial charge in [0.25, 0.3) is 0 Å². The van der Waals surface area contributed by atoms with Gasteiger partial charge in [-0.1, -0.05) is 18.2 Å². The van der Waals surface area contributed by atoms with Crippen molar-refractivity contribution in [2.45, 2.75) is 18.9 Å². The molecule has 0 aliphatic rings. The first kappa shape index (κ1) is 14.6. The molecule has 0 radical (unpaired) electrons. The van der Waals surface area contributed by atoms with Crippen LogP contribution in [0.15, 0.2) is 24.3 Å². The number of nitrogens with zero attached hydrogens (tertiary/aromatic N) is 1. The fraction of sp³-hybridized carbons (Fsp3) is 0.462. The molecular weight excluding hydrogens is 235 g/mol. The minimum absolute atomic E-state index is 0.201. The molecule has 0 fully saturated rings. The van der Waals surface area contributed by atoms with Gasteiger partial charge in [-0.2, -0.15) is 0 Å². The molecule has 1 unspecified atom stereocenters. The molecule has 0 amide bonds. The number of rotatable bonds is 7. The molecule has 0 aliphatic carbocycles. The second kappa shape index (κ2) is 7.08. The third-order valence-electron chi connectivity index (χ3n) is 2.86. The van der Waals surface area contributed by atoms with Crippen LogP contribution < -0.4 is 5.73 Å². The average molecular weight is 254 g/mol. The maximum absolute atomic E-state index is 13.3. The monoisotopic (exact) mass is 254 g/mol. The van der Waals surface area contributed by atoms with E-state index in [-0.39, 0.29) is 5.82 Å². The maximum atomic E-state index is 13.3. The second-order valence-electron chi connectivity index (χ2n) is 4.38. The molecule has 5 heteroatoms. The zero-order valence-corrected chi connectivity index (χ0v) is 10.5. The van der Waals surface area contributed by atoms with Gasteiger partial charge < -0.3 is 15.7 Å². The lowest BCUT2D eigenvalue weighted by Crippen LogP contribution is -2.34. The number of benzene rings is 1. The smallest absolute Gasteiger partial charge is 0.320 e. The summed E-state index contributed by atoms with van der Waals surface area (Å²) in [5.41, 5.74) is 6.08. The molecule has 100 valence electrons. The van der Waals surface area contributed by atoms with Crippen molar-refractivity contribution in [1.29, 1.82) is 0 Å². The molecule has 3 N–H and O–H groups in total. The van der Waals surface area contributed by atoms with Gasteiger partial charge in [0.2, 0.25) is 0 Å². The number of hydrogen-bond donors (Lipinski definition) is 2. The molecule has 0 saturated carbocycles. The molecule has 0 spiro atoms. The normalized spacial score (nSPS) is 12.7. The van der Waals surface area contributed by atoms with E-state index >= 15 is 0 Å². The highest BCUT2D eigenvalue weighted by atomic mass is 19.1. The molecule has 0 saturated heterocycles. The van der Waals surface area contributed by atoms with Crippen molar-refractivity contribution in [1.82, 2.24) is 4.90 Å². The van der Waals surface area contributed by atoms with Gasteiger partial charge in [-0.25, -0.2) is 4.39 Å². The van der Waals surface area contributed by atoms with Gasteiger partial charge in [-0.05, 0) is 38.1 Å². The van der Waals surface area contributed by atoms with E-state index in [1.54, 1.807) is 18.2 Å². The summed E-state index contributed by atoms with van der Waals surface area (Å²) in [4.78, 5) is 12.5. The first-order chi connectivity index (χ1) is 8.50. The van der Waals surface area contributed by atoms with Crippen molar-refractivity contribution in [2.75, 3.05) is 20.1 Å². The molecule has 1 aromatic carbocycles. The Morgan fingerprint density at radius 1 is 1.44 bits per heavy atom. The number of halogens is 1. The Labute approximate surface area is 106 Å². The average Bonchev–Trinajstić information content (AvgIpc) is 2.34. The van der Waals surface area contributed by atoms with Crippen LogP contribution in [0.1, 0.15) is 12.0 Å². The quantitative estimate of drug-likeness (QED) is 0.764. The van der Waals surface area contributed by atoms with Gasteiger partial charge in [-0.3, -0.25) is 4.79 Å².